The van der Waals surface area contributed by atoms with E-state index < -0.39 is 18.2 Å². The molecule has 0 unspecified atom stereocenters. The number of piperazine rings is 1. The first kappa shape index (κ1) is 25.1. The van der Waals surface area contributed by atoms with Gasteiger partial charge in [0.2, 0.25) is 11.8 Å². The van der Waals surface area contributed by atoms with Crippen molar-refractivity contribution >= 4 is 28.6 Å². The largest absolute Gasteiger partial charge is 0.508 e. The molecule has 2 saturated heterocycles. The predicted octanol–water partition coefficient (Wildman–Crippen LogP) is 2.16. The maximum Gasteiger partial charge on any atom is 0.332 e. The number of rotatable bonds is 6. The van der Waals surface area contributed by atoms with Crippen molar-refractivity contribution in [2.75, 3.05) is 26.7 Å². The molecule has 0 bridgehead atoms. The maximum atomic E-state index is 14.0. The molecule has 9 heteroatoms. The Morgan fingerprint density at radius 1 is 1.11 bits per heavy atom. The van der Waals surface area contributed by atoms with Gasteiger partial charge >= 0.3 is 6.03 Å². The van der Waals surface area contributed by atoms with E-state index in [1.165, 1.54) is 12.1 Å². The number of fused-ring (bicyclic) bond motifs is 2. The van der Waals surface area contributed by atoms with Gasteiger partial charge in [-0.05, 0) is 34.0 Å². The molecule has 5 rings (SSSR count). The number of aromatic hydroxyl groups is 1. The smallest absolute Gasteiger partial charge is 0.332 e. The van der Waals surface area contributed by atoms with Crippen LogP contribution < -0.4 is 5.32 Å². The molecule has 4 amide bonds. The summed E-state index contributed by atoms with van der Waals surface area (Å²) in [6.45, 7) is 0.490. The van der Waals surface area contributed by atoms with E-state index in [-0.39, 0.29) is 43.6 Å². The Labute approximate surface area is 221 Å². The Balaban J connectivity index is 1.53. The van der Waals surface area contributed by atoms with E-state index in [0.717, 1.165) is 21.9 Å². The lowest BCUT2D eigenvalue weighted by molar-refractivity contribution is -0.157. The number of phenolic OH excluding ortho intramolecular Hbond substituents is 1. The highest BCUT2D eigenvalue weighted by Crippen LogP contribution is 2.31. The topological polar surface area (TPSA) is 96.4 Å². The number of benzene rings is 3. The van der Waals surface area contributed by atoms with Crippen molar-refractivity contribution in [1.29, 1.82) is 0 Å². The predicted molar refractivity (Wildman–Crippen MR) is 142 cm³/mol. The van der Waals surface area contributed by atoms with Crippen LogP contribution in [0.5, 0.6) is 5.75 Å². The molecule has 2 N–H and O–H groups in total. The number of nitrogens with one attached hydrogen (secondary N) is 1. The highest BCUT2D eigenvalue weighted by Gasteiger charge is 2.52. The van der Waals surface area contributed by atoms with Gasteiger partial charge in [0.15, 0.2) is 0 Å². The molecule has 9 nitrogen and oxygen atoms in total. The molecule has 2 aliphatic rings. The van der Waals surface area contributed by atoms with Crippen LogP contribution in [0.1, 0.15) is 11.1 Å². The van der Waals surface area contributed by atoms with Gasteiger partial charge in [-0.25, -0.2) is 9.80 Å². The van der Waals surface area contributed by atoms with Crippen molar-refractivity contribution in [2.24, 2.45) is 0 Å². The average Bonchev–Trinajstić information content (AvgIpc) is 3.25. The van der Waals surface area contributed by atoms with Crippen molar-refractivity contribution in [2.45, 2.75) is 25.2 Å². The molecule has 3 aromatic carbocycles. The highest BCUT2D eigenvalue weighted by atomic mass is 16.3. The summed E-state index contributed by atoms with van der Waals surface area (Å²) in [4.78, 5) is 43.3. The van der Waals surface area contributed by atoms with Crippen LogP contribution in [0.4, 0.5) is 4.79 Å². The van der Waals surface area contributed by atoms with Crippen LogP contribution in [0.3, 0.4) is 0 Å². The Bertz CT molecular complexity index is 1410. The normalized spacial score (nSPS) is 19.4. The fourth-order valence-corrected chi connectivity index (χ4v) is 5.38. The summed E-state index contributed by atoms with van der Waals surface area (Å²) >= 11 is 0. The summed E-state index contributed by atoms with van der Waals surface area (Å²) in [5, 5.41) is 17.5. The SMILES string of the molecule is C#CCN(C(=O)NC)N1CC(=O)N2[C@@H](Cc3ccc(O)cc3)C(=O)N(Cc3cccc4ccccc34)C[C@@H]21. The first-order valence-electron chi connectivity index (χ1n) is 12.4. The average molecular weight is 512 g/mol. The second-order valence-electron chi connectivity index (χ2n) is 9.44. The second-order valence-corrected chi connectivity index (χ2v) is 9.44. The van der Waals surface area contributed by atoms with Gasteiger partial charge in [0, 0.05) is 20.0 Å². The molecule has 2 aliphatic heterocycles. The van der Waals surface area contributed by atoms with Gasteiger partial charge in [-0.2, -0.15) is 5.01 Å². The number of amides is 4. The fourth-order valence-electron chi connectivity index (χ4n) is 5.38. The van der Waals surface area contributed by atoms with Crippen LogP contribution in [0, 0.1) is 12.3 Å². The van der Waals surface area contributed by atoms with E-state index in [1.807, 2.05) is 42.5 Å². The van der Waals surface area contributed by atoms with Gasteiger partial charge in [0.05, 0.1) is 19.6 Å². The van der Waals surface area contributed by atoms with Crippen molar-refractivity contribution in [3.63, 3.8) is 0 Å². The van der Waals surface area contributed by atoms with Crippen LogP contribution in [0.25, 0.3) is 10.8 Å². The first-order valence-corrected chi connectivity index (χ1v) is 12.4. The Kier molecular flexibility index (Phi) is 6.90. The van der Waals surface area contributed by atoms with Gasteiger partial charge in [0.1, 0.15) is 18.0 Å². The molecular formula is C29H29N5O4. The third-order valence-corrected chi connectivity index (χ3v) is 7.17. The van der Waals surface area contributed by atoms with E-state index in [4.69, 9.17) is 6.42 Å². The third-order valence-electron chi connectivity index (χ3n) is 7.17. The molecule has 0 aromatic heterocycles. The number of hydrazine groups is 1. The molecule has 0 spiro atoms. The number of phenols is 1. The number of nitrogens with zero attached hydrogens (tertiary/aromatic N) is 4. The minimum Gasteiger partial charge on any atom is -0.508 e. The van der Waals surface area contributed by atoms with Crippen LogP contribution in [-0.4, -0.2) is 81.7 Å². The van der Waals surface area contributed by atoms with Gasteiger partial charge in [-0.15, -0.1) is 6.42 Å². The van der Waals surface area contributed by atoms with Gasteiger partial charge in [-0.1, -0.05) is 60.5 Å². The number of hydrogen-bond acceptors (Lipinski definition) is 5. The van der Waals surface area contributed by atoms with Crippen molar-refractivity contribution in [3.05, 3.63) is 77.9 Å². The zero-order valence-corrected chi connectivity index (χ0v) is 21.1. The molecule has 0 saturated carbocycles. The van der Waals surface area contributed by atoms with E-state index in [1.54, 1.807) is 39.1 Å². The maximum absolute atomic E-state index is 14.0. The zero-order valence-electron chi connectivity index (χ0n) is 21.1. The second kappa shape index (κ2) is 10.4. The quantitative estimate of drug-likeness (QED) is 0.495. The molecule has 38 heavy (non-hydrogen) atoms. The van der Waals surface area contributed by atoms with Gasteiger partial charge in [0.25, 0.3) is 0 Å². The minimum atomic E-state index is -0.775. The summed E-state index contributed by atoms with van der Waals surface area (Å²) in [6.07, 6.45) is 5.26. The lowest BCUT2D eigenvalue weighted by Gasteiger charge is -2.46. The van der Waals surface area contributed by atoms with Crippen molar-refractivity contribution < 1.29 is 19.5 Å². The Morgan fingerprint density at radius 2 is 1.84 bits per heavy atom. The van der Waals surface area contributed by atoms with Gasteiger partial charge in [-0.3, -0.25) is 9.59 Å². The molecule has 2 heterocycles. The van der Waals surface area contributed by atoms with Crippen molar-refractivity contribution in [3.8, 4) is 18.1 Å². The summed E-state index contributed by atoms with van der Waals surface area (Å²) < 4.78 is 0. The lowest BCUT2D eigenvalue weighted by Crippen LogP contribution is -2.65. The Morgan fingerprint density at radius 3 is 2.58 bits per heavy atom. The van der Waals surface area contributed by atoms with Crippen LogP contribution in [-0.2, 0) is 22.6 Å². The molecule has 194 valence electrons. The van der Waals surface area contributed by atoms with Crippen LogP contribution >= 0.6 is 0 Å². The van der Waals surface area contributed by atoms with E-state index in [0.29, 0.717) is 6.54 Å². The molecule has 0 aliphatic carbocycles. The monoisotopic (exact) mass is 511 g/mol. The number of urea groups is 1. The summed E-state index contributed by atoms with van der Waals surface area (Å²) in [6, 6.07) is 19.4. The molecule has 2 fully saturated rings. The van der Waals surface area contributed by atoms with Crippen molar-refractivity contribution in [1.82, 2.24) is 25.1 Å². The van der Waals surface area contributed by atoms with E-state index in [2.05, 4.69) is 11.2 Å². The fraction of sp³-hybridized carbons (Fsp3) is 0.276. The summed E-state index contributed by atoms with van der Waals surface area (Å²) in [5.74, 6) is 2.21. The highest BCUT2D eigenvalue weighted by molar-refractivity contribution is 5.92. The number of terminal acetylenes is 1. The summed E-state index contributed by atoms with van der Waals surface area (Å²) in [5.41, 5.74) is 1.81. The summed E-state index contributed by atoms with van der Waals surface area (Å²) in [7, 11) is 1.51. The zero-order chi connectivity index (χ0) is 26.8. The van der Waals surface area contributed by atoms with E-state index in [9.17, 15) is 19.5 Å². The van der Waals surface area contributed by atoms with E-state index >= 15 is 0 Å². The molecule has 2 atom stereocenters. The number of carbonyl (C=O) groups is 3. The molecule has 0 radical (unpaired) electrons. The van der Waals surface area contributed by atoms with Gasteiger partial charge < -0.3 is 20.2 Å². The van der Waals surface area contributed by atoms with Crippen LogP contribution in [0.15, 0.2) is 66.7 Å². The standard InChI is InChI=1S/C29H29N5O4/c1-3-15-32(29(38)30-2)33-19-27(36)34-25(16-20-11-13-23(35)14-12-20)28(37)31(18-26(33)34)17-22-9-6-8-21-7-4-5-10-24(21)22/h1,4-14,25-26,35H,15-19H2,2H3,(H,30,38)/t25-,26+/m0/s1. The third kappa shape index (κ3) is 4.62. The lowest BCUT2D eigenvalue weighted by atomic mass is 9.99. The Hall–Kier alpha value is -4.55. The number of hydrogen-bond donors (Lipinski definition) is 2. The minimum absolute atomic E-state index is 0.0167. The molecule has 3 aromatic rings. The first-order chi connectivity index (χ1) is 18.4. The number of carbonyl (C=O) groups excluding carboxylic acids is 3. The van der Waals surface area contributed by atoms with Crippen LogP contribution in [0.2, 0.25) is 0 Å². The molecular weight excluding hydrogens is 482 g/mol.